The number of hydrogen-bond acceptors (Lipinski definition) is 2. The number of phenolic OH excluding ortho intramolecular Hbond substituents is 1. The molecule has 0 aromatic heterocycles. The maximum absolute atomic E-state index is 9.78. The summed E-state index contributed by atoms with van der Waals surface area (Å²) in [7, 11) is 0. The summed E-state index contributed by atoms with van der Waals surface area (Å²) in [6.45, 7) is 6.68. The lowest BCUT2D eigenvalue weighted by molar-refractivity contribution is 0.466. The molecule has 0 radical (unpaired) electrons. The molecule has 0 spiro atoms. The standard InChI is InChI=1S/C17H20ClNO/c1-11-8-14(9-12(2)17(11)20)10-19-13(3)15-6-4-5-7-16(15)18/h4-9,13,19-20H,10H2,1-3H3. The van der Waals surface area contributed by atoms with E-state index in [-0.39, 0.29) is 6.04 Å². The van der Waals surface area contributed by atoms with Crippen molar-refractivity contribution in [1.82, 2.24) is 5.32 Å². The van der Waals surface area contributed by atoms with Crippen molar-refractivity contribution in [2.24, 2.45) is 0 Å². The molecule has 0 bridgehead atoms. The molecule has 3 heteroatoms. The van der Waals surface area contributed by atoms with Gasteiger partial charge < -0.3 is 10.4 Å². The Kier molecular flexibility index (Phi) is 4.69. The highest BCUT2D eigenvalue weighted by molar-refractivity contribution is 6.31. The number of nitrogens with one attached hydrogen (secondary N) is 1. The maximum atomic E-state index is 9.78. The molecule has 0 aliphatic rings. The van der Waals surface area contributed by atoms with Crippen molar-refractivity contribution < 1.29 is 5.11 Å². The molecule has 0 saturated carbocycles. The molecule has 0 aliphatic heterocycles. The molecule has 2 nitrogen and oxygen atoms in total. The van der Waals surface area contributed by atoms with Crippen molar-refractivity contribution in [2.45, 2.75) is 33.4 Å². The Hall–Kier alpha value is -1.51. The van der Waals surface area contributed by atoms with Crippen LogP contribution in [0, 0.1) is 13.8 Å². The molecule has 0 saturated heterocycles. The number of aromatic hydroxyl groups is 1. The number of benzene rings is 2. The van der Waals surface area contributed by atoms with Gasteiger partial charge in [0.05, 0.1) is 0 Å². The Balaban J connectivity index is 2.07. The van der Waals surface area contributed by atoms with Gasteiger partial charge in [-0.3, -0.25) is 0 Å². The smallest absolute Gasteiger partial charge is 0.121 e. The van der Waals surface area contributed by atoms with Crippen LogP contribution in [0.4, 0.5) is 0 Å². The van der Waals surface area contributed by atoms with Gasteiger partial charge in [-0.25, -0.2) is 0 Å². The molecule has 1 atom stereocenters. The van der Waals surface area contributed by atoms with Crippen LogP contribution in [0.15, 0.2) is 36.4 Å². The van der Waals surface area contributed by atoms with Crippen LogP contribution in [0.5, 0.6) is 5.75 Å². The van der Waals surface area contributed by atoms with Crippen molar-refractivity contribution in [3.8, 4) is 5.75 Å². The number of phenols is 1. The molecule has 1 unspecified atom stereocenters. The third-order valence-electron chi connectivity index (χ3n) is 3.53. The van der Waals surface area contributed by atoms with Crippen LogP contribution in [-0.4, -0.2) is 5.11 Å². The Morgan fingerprint density at radius 2 is 1.75 bits per heavy atom. The highest BCUT2D eigenvalue weighted by atomic mass is 35.5. The van der Waals surface area contributed by atoms with Gasteiger partial charge in [-0.1, -0.05) is 41.9 Å². The third kappa shape index (κ3) is 3.33. The summed E-state index contributed by atoms with van der Waals surface area (Å²) in [6, 6.07) is 12.1. The van der Waals surface area contributed by atoms with Gasteiger partial charge in [-0.05, 0) is 49.1 Å². The Morgan fingerprint density at radius 1 is 1.15 bits per heavy atom. The predicted molar refractivity (Wildman–Crippen MR) is 84.3 cm³/mol. The Labute approximate surface area is 125 Å². The summed E-state index contributed by atoms with van der Waals surface area (Å²) >= 11 is 6.20. The minimum atomic E-state index is 0.179. The van der Waals surface area contributed by atoms with E-state index >= 15 is 0 Å². The van der Waals surface area contributed by atoms with Crippen LogP contribution < -0.4 is 5.32 Å². The summed E-state index contributed by atoms with van der Waals surface area (Å²) in [5.74, 6) is 0.382. The third-order valence-corrected chi connectivity index (χ3v) is 3.88. The normalized spacial score (nSPS) is 12.4. The number of halogens is 1. The van der Waals surface area contributed by atoms with Crippen molar-refractivity contribution >= 4 is 11.6 Å². The summed E-state index contributed by atoms with van der Waals surface area (Å²) in [6.07, 6.45) is 0. The van der Waals surface area contributed by atoms with E-state index in [1.54, 1.807) is 0 Å². The minimum absolute atomic E-state index is 0.179. The van der Waals surface area contributed by atoms with E-state index in [4.69, 9.17) is 11.6 Å². The molecule has 2 aromatic carbocycles. The van der Waals surface area contributed by atoms with E-state index in [0.717, 1.165) is 33.8 Å². The first-order chi connectivity index (χ1) is 9.49. The second kappa shape index (κ2) is 6.29. The van der Waals surface area contributed by atoms with Gasteiger partial charge in [-0.2, -0.15) is 0 Å². The largest absolute Gasteiger partial charge is 0.507 e. The quantitative estimate of drug-likeness (QED) is 0.868. The molecule has 0 amide bonds. The summed E-state index contributed by atoms with van der Waals surface area (Å²) < 4.78 is 0. The van der Waals surface area contributed by atoms with Crippen LogP contribution in [0.3, 0.4) is 0 Å². The summed E-state index contributed by atoms with van der Waals surface area (Å²) in [4.78, 5) is 0. The fourth-order valence-corrected chi connectivity index (χ4v) is 2.65. The second-order valence-electron chi connectivity index (χ2n) is 5.20. The van der Waals surface area contributed by atoms with E-state index in [1.807, 2.05) is 50.2 Å². The molecular weight excluding hydrogens is 270 g/mol. The zero-order valence-corrected chi connectivity index (χ0v) is 12.8. The molecule has 106 valence electrons. The Bertz CT molecular complexity index is 587. The minimum Gasteiger partial charge on any atom is -0.507 e. The van der Waals surface area contributed by atoms with Crippen LogP contribution >= 0.6 is 11.6 Å². The van der Waals surface area contributed by atoms with E-state index in [2.05, 4.69) is 12.2 Å². The highest BCUT2D eigenvalue weighted by Gasteiger charge is 2.09. The van der Waals surface area contributed by atoms with Gasteiger partial charge in [0.2, 0.25) is 0 Å². The van der Waals surface area contributed by atoms with Gasteiger partial charge in [-0.15, -0.1) is 0 Å². The first-order valence-corrected chi connectivity index (χ1v) is 7.13. The molecule has 2 aromatic rings. The zero-order valence-electron chi connectivity index (χ0n) is 12.1. The van der Waals surface area contributed by atoms with Crippen molar-refractivity contribution in [2.75, 3.05) is 0 Å². The maximum Gasteiger partial charge on any atom is 0.121 e. The summed E-state index contributed by atoms with van der Waals surface area (Å²) in [5, 5.41) is 14.0. The van der Waals surface area contributed by atoms with Crippen LogP contribution in [0.25, 0.3) is 0 Å². The zero-order chi connectivity index (χ0) is 14.7. The monoisotopic (exact) mass is 289 g/mol. The number of hydrogen-bond donors (Lipinski definition) is 2. The lowest BCUT2D eigenvalue weighted by Crippen LogP contribution is -2.18. The van der Waals surface area contributed by atoms with Gasteiger partial charge >= 0.3 is 0 Å². The van der Waals surface area contributed by atoms with Gasteiger partial charge in [0.25, 0.3) is 0 Å². The van der Waals surface area contributed by atoms with Crippen molar-refractivity contribution in [3.05, 3.63) is 63.7 Å². The second-order valence-corrected chi connectivity index (χ2v) is 5.61. The van der Waals surface area contributed by atoms with E-state index in [9.17, 15) is 5.11 Å². The first-order valence-electron chi connectivity index (χ1n) is 6.76. The topological polar surface area (TPSA) is 32.3 Å². The molecule has 0 aliphatic carbocycles. The van der Waals surface area contributed by atoms with E-state index < -0.39 is 0 Å². The fourth-order valence-electron chi connectivity index (χ4n) is 2.35. The average Bonchev–Trinajstić information content (AvgIpc) is 2.42. The van der Waals surface area contributed by atoms with Gasteiger partial charge in [0.1, 0.15) is 5.75 Å². The predicted octanol–water partition coefficient (Wildman–Crippen LogP) is 4.51. The van der Waals surface area contributed by atoms with Gasteiger partial charge in [0, 0.05) is 17.6 Å². The van der Waals surface area contributed by atoms with Crippen molar-refractivity contribution in [3.63, 3.8) is 0 Å². The molecule has 0 heterocycles. The van der Waals surface area contributed by atoms with E-state index in [0.29, 0.717) is 5.75 Å². The molecule has 20 heavy (non-hydrogen) atoms. The first kappa shape index (κ1) is 14.9. The van der Waals surface area contributed by atoms with Crippen LogP contribution in [0.2, 0.25) is 5.02 Å². The highest BCUT2D eigenvalue weighted by Crippen LogP contribution is 2.25. The summed E-state index contributed by atoms with van der Waals surface area (Å²) in [5.41, 5.74) is 4.08. The molecule has 2 N–H and O–H groups in total. The van der Waals surface area contributed by atoms with Crippen LogP contribution in [-0.2, 0) is 6.54 Å². The fraction of sp³-hybridized carbons (Fsp3) is 0.294. The Morgan fingerprint density at radius 3 is 2.35 bits per heavy atom. The average molecular weight is 290 g/mol. The van der Waals surface area contributed by atoms with E-state index in [1.165, 1.54) is 0 Å². The lowest BCUT2D eigenvalue weighted by Gasteiger charge is -2.16. The van der Waals surface area contributed by atoms with Crippen LogP contribution in [0.1, 0.15) is 35.2 Å². The van der Waals surface area contributed by atoms with Crippen molar-refractivity contribution in [1.29, 1.82) is 0 Å². The molecule has 0 fully saturated rings. The SMILES string of the molecule is Cc1cc(CNC(C)c2ccccc2Cl)cc(C)c1O. The lowest BCUT2D eigenvalue weighted by atomic mass is 10.0. The molecular formula is C17H20ClNO. The number of rotatable bonds is 4. The van der Waals surface area contributed by atoms with Gasteiger partial charge in [0.15, 0.2) is 0 Å². The number of aryl methyl sites for hydroxylation is 2. The molecule has 2 rings (SSSR count).